The summed E-state index contributed by atoms with van der Waals surface area (Å²) in [7, 11) is -2.86. The average molecular weight is 306 g/mol. The number of methoxy groups -OCH3 is 1. The third-order valence-corrected chi connectivity index (χ3v) is 4.07. The molecule has 0 fully saturated rings. The molecule has 0 bridgehead atoms. The summed E-state index contributed by atoms with van der Waals surface area (Å²) in [6.45, 7) is 3.13. The maximum atomic E-state index is 13.5. The van der Waals surface area contributed by atoms with Crippen molar-refractivity contribution in [3.8, 4) is 0 Å². The topological polar surface area (TPSA) is 98.5 Å². The van der Waals surface area contributed by atoms with Gasteiger partial charge >= 0.3 is 5.69 Å². The van der Waals surface area contributed by atoms with Crippen molar-refractivity contribution in [2.75, 3.05) is 13.7 Å². The lowest BCUT2D eigenvalue weighted by molar-refractivity contribution is -0.390. The van der Waals surface area contributed by atoms with Crippen LogP contribution in [-0.4, -0.2) is 32.6 Å². The van der Waals surface area contributed by atoms with Crippen LogP contribution in [0.2, 0.25) is 0 Å². The van der Waals surface area contributed by atoms with E-state index in [0.717, 1.165) is 18.2 Å². The lowest BCUT2D eigenvalue weighted by Crippen LogP contribution is -2.46. The van der Waals surface area contributed by atoms with Gasteiger partial charge in [0.1, 0.15) is 0 Å². The van der Waals surface area contributed by atoms with Crippen molar-refractivity contribution in [1.82, 2.24) is 4.72 Å². The summed E-state index contributed by atoms with van der Waals surface area (Å²) in [4.78, 5) is 9.05. The molecule has 1 aromatic carbocycles. The fraction of sp³-hybridized carbons (Fsp3) is 0.455. The van der Waals surface area contributed by atoms with Crippen LogP contribution in [0.25, 0.3) is 0 Å². The van der Waals surface area contributed by atoms with E-state index < -0.39 is 36.9 Å². The van der Waals surface area contributed by atoms with Crippen molar-refractivity contribution in [2.24, 2.45) is 0 Å². The standard InChI is InChI=1S/C11H15FN2O5S/c1-11(2,7-19-3)13-20(17,18)9-6-4-5-8(12)10(9)14(15)16/h4-6,13H,7H2,1-3H3. The number of nitrogens with one attached hydrogen (secondary N) is 1. The van der Waals surface area contributed by atoms with Crippen LogP contribution in [0.4, 0.5) is 10.1 Å². The minimum Gasteiger partial charge on any atom is -0.383 e. The van der Waals surface area contributed by atoms with Crippen LogP contribution >= 0.6 is 0 Å². The number of benzene rings is 1. The first-order valence-corrected chi connectivity index (χ1v) is 7.05. The Hall–Kier alpha value is -1.58. The highest BCUT2D eigenvalue weighted by Gasteiger charge is 2.33. The first-order chi connectivity index (χ1) is 9.10. The second-order valence-electron chi connectivity index (χ2n) is 4.77. The maximum Gasteiger partial charge on any atom is 0.324 e. The van der Waals surface area contributed by atoms with Crippen LogP contribution in [0.3, 0.4) is 0 Å². The Bertz CT molecular complexity index is 615. The molecule has 112 valence electrons. The van der Waals surface area contributed by atoms with E-state index in [-0.39, 0.29) is 6.61 Å². The predicted molar refractivity (Wildman–Crippen MR) is 69.3 cm³/mol. The summed E-state index contributed by atoms with van der Waals surface area (Å²) in [6, 6.07) is 2.91. The zero-order chi connectivity index (χ0) is 15.6. The van der Waals surface area contributed by atoms with Gasteiger partial charge in [0.15, 0.2) is 4.90 Å². The number of halogens is 1. The molecule has 7 nitrogen and oxygen atoms in total. The highest BCUT2D eigenvalue weighted by molar-refractivity contribution is 7.89. The van der Waals surface area contributed by atoms with Crippen LogP contribution in [0.5, 0.6) is 0 Å². The molecular formula is C11H15FN2O5S. The van der Waals surface area contributed by atoms with Gasteiger partial charge in [-0.05, 0) is 26.0 Å². The molecule has 9 heteroatoms. The van der Waals surface area contributed by atoms with Crippen LogP contribution in [0.15, 0.2) is 23.1 Å². The molecule has 0 unspecified atom stereocenters. The Kier molecular flexibility index (Phi) is 4.79. The van der Waals surface area contributed by atoms with E-state index in [1.54, 1.807) is 13.8 Å². The van der Waals surface area contributed by atoms with Gasteiger partial charge in [-0.25, -0.2) is 13.1 Å². The fourth-order valence-electron chi connectivity index (χ4n) is 1.70. The van der Waals surface area contributed by atoms with Crippen LogP contribution in [0, 0.1) is 15.9 Å². The average Bonchev–Trinajstić information content (AvgIpc) is 2.26. The third kappa shape index (κ3) is 3.71. The Labute approximate surface area is 115 Å². The second-order valence-corrected chi connectivity index (χ2v) is 6.42. The van der Waals surface area contributed by atoms with Crippen molar-refractivity contribution >= 4 is 15.7 Å². The molecule has 20 heavy (non-hydrogen) atoms. The van der Waals surface area contributed by atoms with Gasteiger partial charge in [0, 0.05) is 7.11 Å². The summed E-state index contributed by atoms with van der Waals surface area (Å²) in [5.41, 5.74) is -2.07. The van der Waals surface area contributed by atoms with Crippen molar-refractivity contribution in [1.29, 1.82) is 0 Å². The lowest BCUT2D eigenvalue weighted by Gasteiger charge is -2.24. The Balaban J connectivity index is 3.30. The van der Waals surface area contributed by atoms with Crippen molar-refractivity contribution in [2.45, 2.75) is 24.3 Å². The number of sulfonamides is 1. The highest BCUT2D eigenvalue weighted by atomic mass is 32.2. The predicted octanol–water partition coefficient (Wildman–Crippen LogP) is 1.44. The van der Waals surface area contributed by atoms with Crippen LogP contribution < -0.4 is 4.72 Å². The zero-order valence-electron chi connectivity index (χ0n) is 11.2. The zero-order valence-corrected chi connectivity index (χ0v) is 12.0. The molecule has 0 radical (unpaired) electrons. The van der Waals surface area contributed by atoms with E-state index in [1.165, 1.54) is 7.11 Å². The van der Waals surface area contributed by atoms with Gasteiger partial charge in [0.2, 0.25) is 15.8 Å². The lowest BCUT2D eigenvalue weighted by atomic mass is 10.1. The number of nitro groups is 1. The monoisotopic (exact) mass is 306 g/mol. The van der Waals surface area contributed by atoms with Crippen LogP contribution in [0.1, 0.15) is 13.8 Å². The van der Waals surface area contributed by atoms with Gasteiger partial charge in [-0.2, -0.15) is 4.39 Å². The van der Waals surface area contributed by atoms with Crippen molar-refractivity contribution in [3.63, 3.8) is 0 Å². The number of para-hydroxylation sites is 1. The molecule has 0 spiro atoms. The molecular weight excluding hydrogens is 291 g/mol. The summed E-state index contributed by atoms with van der Waals surface area (Å²) < 4.78 is 44.9. The van der Waals surface area contributed by atoms with E-state index >= 15 is 0 Å². The Morgan fingerprint density at radius 2 is 2.05 bits per heavy atom. The summed E-state index contributed by atoms with van der Waals surface area (Å²) in [6.07, 6.45) is 0. The molecule has 0 aliphatic rings. The molecule has 1 rings (SSSR count). The molecule has 1 N–H and O–H groups in total. The normalized spacial score (nSPS) is 12.4. The van der Waals surface area contributed by atoms with E-state index in [9.17, 15) is 22.9 Å². The molecule has 0 aromatic heterocycles. The molecule has 0 heterocycles. The summed E-state index contributed by atoms with van der Waals surface area (Å²) >= 11 is 0. The van der Waals surface area contributed by atoms with Gasteiger partial charge in [-0.3, -0.25) is 10.1 Å². The molecule has 0 saturated carbocycles. The summed E-state index contributed by atoms with van der Waals surface area (Å²) in [5.74, 6) is -1.21. The summed E-state index contributed by atoms with van der Waals surface area (Å²) in [5, 5.41) is 10.8. The van der Waals surface area contributed by atoms with Crippen molar-refractivity contribution in [3.05, 3.63) is 34.1 Å². The minimum atomic E-state index is -4.25. The Morgan fingerprint density at radius 3 is 2.55 bits per heavy atom. The van der Waals surface area contributed by atoms with Crippen LogP contribution in [-0.2, 0) is 14.8 Å². The maximum absolute atomic E-state index is 13.5. The first kappa shape index (κ1) is 16.5. The molecule has 1 aromatic rings. The van der Waals surface area contributed by atoms with E-state index in [1.807, 2.05) is 0 Å². The number of nitro benzene ring substituents is 1. The first-order valence-electron chi connectivity index (χ1n) is 5.56. The number of nitrogens with zero attached hydrogens (tertiary/aromatic N) is 1. The molecule has 0 aliphatic heterocycles. The molecule has 0 saturated heterocycles. The van der Waals surface area contributed by atoms with Gasteiger partial charge < -0.3 is 4.74 Å². The van der Waals surface area contributed by atoms with Crippen molar-refractivity contribution < 1.29 is 22.5 Å². The number of ether oxygens (including phenoxy) is 1. The SMILES string of the molecule is COCC(C)(C)NS(=O)(=O)c1cccc(F)c1[N+](=O)[O-]. The van der Waals surface area contributed by atoms with E-state index in [4.69, 9.17) is 4.74 Å². The molecule has 0 aliphatic carbocycles. The third-order valence-electron chi connectivity index (χ3n) is 2.34. The van der Waals surface area contributed by atoms with E-state index in [2.05, 4.69) is 4.72 Å². The molecule has 0 atom stereocenters. The smallest absolute Gasteiger partial charge is 0.324 e. The fourth-order valence-corrected chi connectivity index (χ4v) is 3.28. The number of hydrogen-bond acceptors (Lipinski definition) is 5. The highest BCUT2D eigenvalue weighted by Crippen LogP contribution is 2.27. The van der Waals surface area contributed by atoms with Gasteiger partial charge in [-0.1, -0.05) is 6.07 Å². The largest absolute Gasteiger partial charge is 0.383 e. The minimum absolute atomic E-state index is 0.0509. The van der Waals surface area contributed by atoms with Gasteiger partial charge in [-0.15, -0.1) is 0 Å². The number of rotatable bonds is 6. The van der Waals surface area contributed by atoms with Gasteiger partial charge in [0.05, 0.1) is 17.1 Å². The quantitative estimate of drug-likeness (QED) is 0.633. The second kappa shape index (κ2) is 5.81. The van der Waals surface area contributed by atoms with E-state index in [0.29, 0.717) is 0 Å². The number of hydrogen-bond donors (Lipinski definition) is 1. The Morgan fingerprint density at radius 1 is 1.45 bits per heavy atom. The molecule has 0 amide bonds. The van der Waals surface area contributed by atoms with Gasteiger partial charge in [0.25, 0.3) is 0 Å².